The average molecular weight is 573 g/mol. The Bertz CT molecular complexity index is 1220. The van der Waals surface area contributed by atoms with Crippen LogP contribution in [0.2, 0.25) is 10.0 Å². The number of hydrogen-bond acceptors (Lipinski definition) is 4. The number of nitrogens with zero attached hydrogens (tertiary/aromatic N) is 2. The highest BCUT2D eigenvalue weighted by Gasteiger charge is 2.33. The molecule has 0 unspecified atom stereocenters. The van der Waals surface area contributed by atoms with Gasteiger partial charge in [-0.25, -0.2) is 12.8 Å². The van der Waals surface area contributed by atoms with E-state index in [1.54, 1.807) is 25.1 Å². The molecule has 1 saturated carbocycles. The summed E-state index contributed by atoms with van der Waals surface area (Å²) < 4.78 is 39.9. The summed E-state index contributed by atoms with van der Waals surface area (Å²) in [6.07, 6.45) is 6.18. The minimum absolute atomic E-state index is 0.0139. The lowest BCUT2D eigenvalue weighted by Crippen LogP contribution is -2.54. The Kier molecular flexibility index (Phi) is 10.2. The zero-order valence-corrected chi connectivity index (χ0v) is 23.3. The number of anilines is 1. The molecule has 0 bridgehead atoms. The first-order chi connectivity index (χ1) is 17.5. The van der Waals surface area contributed by atoms with Crippen molar-refractivity contribution >= 4 is 50.7 Å². The first-order valence-corrected chi connectivity index (χ1v) is 14.9. The Morgan fingerprint density at radius 1 is 1.11 bits per heavy atom. The number of carbonyl (C=O) groups excluding carboxylic acids is 2. The molecule has 202 valence electrons. The van der Waals surface area contributed by atoms with Gasteiger partial charge in [0.1, 0.15) is 18.4 Å². The van der Waals surface area contributed by atoms with E-state index in [1.165, 1.54) is 23.1 Å². The molecule has 2 amide bonds. The van der Waals surface area contributed by atoms with Crippen molar-refractivity contribution in [1.82, 2.24) is 10.2 Å². The van der Waals surface area contributed by atoms with Crippen LogP contribution in [-0.2, 0) is 26.2 Å². The molecule has 0 spiro atoms. The van der Waals surface area contributed by atoms with Gasteiger partial charge in [-0.2, -0.15) is 0 Å². The van der Waals surface area contributed by atoms with E-state index in [0.29, 0.717) is 22.0 Å². The summed E-state index contributed by atoms with van der Waals surface area (Å²) >= 11 is 12.4. The van der Waals surface area contributed by atoms with Gasteiger partial charge in [-0.1, -0.05) is 61.5 Å². The molecule has 0 radical (unpaired) electrons. The summed E-state index contributed by atoms with van der Waals surface area (Å²) in [5.74, 6) is -1.56. The van der Waals surface area contributed by atoms with Gasteiger partial charge in [-0.05, 0) is 55.2 Å². The average Bonchev–Trinajstić information content (AvgIpc) is 2.83. The van der Waals surface area contributed by atoms with Crippen molar-refractivity contribution in [3.63, 3.8) is 0 Å². The summed E-state index contributed by atoms with van der Waals surface area (Å²) in [4.78, 5) is 28.4. The second kappa shape index (κ2) is 12.9. The monoisotopic (exact) mass is 571 g/mol. The maximum Gasteiger partial charge on any atom is 0.244 e. The van der Waals surface area contributed by atoms with E-state index in [1.807, 2.05) is 0 Å². The molecule has 1 N–H and O–H groups in total. The Labute approximate surface area is 228 Å². The number of rotatable bonds is 10. The SMILES string of the molecule is CC[C@@H](C(=O)NC1CCCCC1)N(Cc1ccc(Cl)cc1Cl)C(=O)CN(c1cccc(F)c1)S(C)(=O)=O. The first kappa shape index (κ1) is 29.2. The normalized spacial score (nSPS) is 15.2. The lowest BCUT2D eigenvalue weighted by molar-refractivity contribution is -0.140. The molecular formula is C26H32Cl2FN3O4S. The standard InChI is InChI=1S/C26H32Cl2FN3O4S/c1-3-24(26(34)30-21-9-5-4-6-10-21)31(16-18-12-13-19(27)14-23(18)28)25(33)17-32(37(2,35)36)22-11-7-8-20(29)15-22/h7-8,11-15,21,24H,3-6,9-10,16-17H2,1-2H3,(H,30,34)/t24-/m0/s1. The first-order valence-electron chi connectivity index (χ1n) is 12.3. The molecule has 1 atom stereocenters. The van der Waals surface area contributed by atoms with Gasteiger partial charge in [-0.15, -0.1) is 0 Å². The van der Waals surface area contributed by atoms with Crippen molar-refractivity contribution in [1.29, 1.82) is 0 Å². The van der Waals surface area contributed by atoms with Gasteiger partial charge in [0.2, 0.25) is 21.8 Å². The minimum atomic E-state index is -3.95. The maximum atomic E-state index is 13.9. The predicted molar refractivity (Wildman–Crippen MR) is 145 cm³/mol. The van der Waals surface area contributed by atoms with E-state index < -0.39 is 34.3 Å². The van der Waals surface area contributed by atoms with Crippen LogP contribution in [0.1, 0.15) is 51.0 Å². The number of amides is 2. The van der Waals surface area contributed by atoms with Crippen LogP contribution in [0.4, 0.5) is 10.1 Å². The molecule has 7 nitrogen and oxygen atoms in total. The molecule has 1 aliphatic carbocycles. The molecule has 0 saturated heterocycles. The van der Waals surface area contributed by atoms with Gasteiger partial charge in [0.25, 0.3) is 0 Å². The zero-order chi connectivity index (χ0) is 27.2. The number of benzene rings is 2. The van der Waals surface area contributed by atoms with Gasteiger partial charge in [0.05, 0.1) is 11.9 Å². The quantitative estimate of drug-likeness (QED) is 0.427. The second-order valence-corrected chi connectivity index (χ2v) is 12.0. The van der Waals surface area contributed by atoms with Gasteiger partial charge in [-0.3, -0.25) is 13.9 Å². The molecule has 2 aromatic carbocycles. The van der Waals surface area contributed by atoms with Crippen molar-refractivity contribution in [3.05, 3.63) is 63.9 Å². The number of carbonyl (C=O) groups is 2. The van der Waals surface area contributed by atoms with Crippen molar-refractivity contribution in [2.45, 2.75) is 64.1 Å². The highest BCUT2D eigenvalue weighted by Crippen LogP contribution is 2.25. The molecule has 0 aromatic heterocycles. The maximum absolute atomic E-state index is 13.9. The van der Waals surface area contributed by atoms with Crippen LogP contribution in [0.3, 0.4) is 0 Å². The van der Waals surface area contributed by atoms with Gasteiger partial charge < -0.3 is 10.2 Å². The summed E-state index contributed by atoms with van der Waals surface area (Å²) in [5.41, 5.74) is 0.569. The molecule has 11 heteroatoms. The van der Waals surface area contributed by atoms with E-state index in [2.05, 4.69) is 5.32 Å². The van der Waals surface area contributed by atoms with Crippen LogP contribution in [-0.4, -0.2) is 50.0 Å². The highest BCUT2D eigenvalue weighted by atomic mass is 35.5. The molecule has 2 aromatic rings. The minimum Gasteiger partial charge on any atom is -0.352 e. The van der Waals surface area contributed by atoms with E-state index in [0.717, 1.165) is 48.7 Å². The largest absolute Gasteiger partial charge is 0.352 e. The Balaban J connectivity index is 1.94. The molecule has 0 heterocycles. The van der Waals surface area contributed by atoms with Crippen LogP contribution in [0, 0.1) is 5.82 Å². The topological polar surface area (TPSA) is 86.8 Å². The van der Waals surface area contributed by atoms with Crippen molar-refractivity contribution < 1.29 is 22.4 Å². The molecular weight excluding hydrogens is 540 g/mol. The third kappa shape index (κ3) is 8.06. The number of hydrogen-bond donors (Lipinski definition) is 1. The molecule has 1 aliphatic rings. The zero-order valence-electron chi connectivity index (χ0n) is 20.9. The fourth-order valence-corrected chi connectivity index (χ4v) is 5.85. The van der Waals surface area contributed by atoms with E-state index in [-0.39, 0.29) is 24.2 Å². The summed E-state index contributed by atoms with van der Waals surface area (Å²) in [5, 5.41) is 3.81. The van der Waals surface area contributed by atoms with Crippen molar-refractivity contribution in [3.8, 4) is 0 Å². The molecule has 0 aliphatic heterocycles. The van der Waals surface area contributed by atoms with Crippen LogP contribution in [0.15, 0.2) is 42.5 Å². The lowest BCUT2D eigenvalue weighted by Gasteiger charge is -2.34. The predicted octanol–water partition coefficient (Wildman–Crippen LogP) is 5.15. The van der Waals surface area contributed by atoms with Crippen LogP contribution in [0.25, 0.3) is 0 Å². The van der Waals surface area contributed by atoms with Crippen LogP contribution >= 0.6 is 23.2 Å². The fraction of sp³-hybridized carbons (Fsp3) is 0.462. The van der Waals surface area contributed by atoms with Crippen LogP contribution < -0.4 is 9.62 Å². The Morgan fingerprint density at radius 2 is 1.81 bits per heavy atom. The third-order valence-electron chi connectivity index (χ3n) is 6.47. The highest BCUT2D eigenvalue weighted by molar-refractivity contribution is 7.92. The van der Waals surface area contributed by atoms with E-state index in [9.17, 15) is 22.4 Å². The van der Waals surface area contributed by atoms with Gasteiger partial charge in [0.15, 0.2) is 0 Å². The summed E-state index contributed by atoms with van der Waals surface area (Å²) in [6, 6.07) is 9.00. The van der Waals surface area contributed by atoms with Crippen molar-refractivity contribution in [2.24, 2.45) is 0 Å². The van der Waals surface area contributed by atoms with Crippen LogP contribution in [0.5, 0.6) is 0 Å². The van der Waals surface area contributed by atoms with Crippen molar-refractivity contribution in [2.75, 3.05) is 17.1 Å². The van der Waals surface area contributed by atoms with Gasteiger partial charge >= 0.3 is 0 Å². The smallest absolute Gasteiger partial charge is 0.244 e. The lowest BCUT2D eigenvalue weighted by atomic mass is 9.95. The Morgan fingerprint density at radius 3 is 2.41 bits per heavy atom. The number of sulfonamides is 1. The fourth-order valence-electron chi connectivity index (χ4n) is 4.54. The molecule has 1 fully saturated rings. The summed E-state index contributed by atoms with van der Waals surface area (Å²) in [7, 11) is -3.95. The van der Waals surface area contributed by atoms with Gasteiger partial charge in [0, 0.05) is 22.6 Å². The van der Waals surface area contributed by atoms with E-state index in [4.69, 9.17) is 23.2 Å². The molecule has 37 heavy (non-hydrogen) atoms. The summed E-state index contributed by atoms with van der Waals surface area (Å²) in [6.45, 7) is 1.14. The third-order valence-corrected chi connectivity index (χ3v) is 8.20. The Hall–Kier alpha value is -2.36. The number of halogens is 3. The molecule has 3 rings (SSSR count). The second-order valence-electron chi connectivity index (χ2n) is 9.27. The van der Waals surface area contributed by atoms with E-state index >= 15 is 0 Å². The number of nitrogens with one attached hydrogen (secondary N) is 1.